The van der Waals surface area contributed by atoms with Crippen LogP contribution >= 0.6 is 0 Å². The van der Waals surface area contributed by atoms with Gasteiger partial charge in [-0.3, -0.25) is 0 Å². The Labute approximate surface area is 95.3 Å². The maximum absolute atomic E-state index is 8.52. The number of rotatable bonds is 1. The molecule has 1 aliphatic rings. The second kappa shape index (κ2) is 5.18. The highest BCUT2D eigenvalue weighted by atomic mass is 16.4. The first-order valence-corrected chi connectivity index (χ1v) is 5.36. The minimum atomic E-state index is 0.961. The monoisotopic (exact) mass is 211 g/mol. The molecule has 16 heavy (non-hydrogen) atoms. The number of hydrogen-bond acceptors (Lipinski definition) is 2. The number of benzene rings is 1. The third-order valence-corrected chi connectivity index (χ3v) is 2.61. The van der Waals surface area contributed by atoms with Crippen LogP contribution in [-0.2, 0) is 0 Å². The molecule has 0 saturated carbocycles. The Morgan fingerprint density at radius 1 is 1.12 bits per heavy atom. The van der Waals surface area contributed by atoms with Gasteiger partial charge in [0, 0.05) is 11.1 Å². The summed E-state index contributed by atoms with van der Waals surface area (Å²) >= 11 is 0. The maximum Gasteiger partial charge on any atom is 0.0702 e. The third-order valence-electron chi connectivity index (χ3n) is 2.61. The molecule has 0 radical (unpaired) electrons. The molecule has 0 aliphatic heterocycles. The highest BCUT2D eigenvalue weighted by molar-refractivity contribution is 5.81. The van der Waals surface area contributed by atoms with Crippen molar-refractivity contribution in [1.29, 1.82) is 0 Å². The van der Waals surface area contributed by atoms with E-state index in [-0.39, 0.29) is 0 Å². The van der Waals surface area contributed by atoms with Crippen LogP contribution in [0.25, 0.3) is 0 Å². The van der Waals surface area contributed by atoms with E-state index in [4.69, 9.17) is 5.21 Å². The molecule has 1 aromatic carbocycles. The molecule has 0 fully saturated rings. The molecule has 0 spiro atoms. The summed E-state index contributed by atoms with van der Waals surface area (Å²) in [4.78, 5) is 0. The standard InChI is InChI=1S/C14H13NO/c16-15-11-14-8-4-7-13(14)10-9-12-5-2-1-3-6-12/h1-3,5-6,11,16H,4,7-8H2/b15-11-. The van der Waals surface area contributed by atoms with Crippen molar-refractivity contribution in [2.24, 2.45) is 5.16 Å². The molecule has 0 atom stereocenters. The molecule has 1 N–H and O–H groups in total. The Bertz CT molecular complexity index is 474. The zero-order valence-corrected chi connectivity index (χ0v) is 8.98. The lowest BCUT2D eigenvalue weighted by molar-refractivity contribution is 0.321. The zero-order valence-electron chi connectivity index (χ0n) is 8.98. The Morgan fingerprint density at radius 3 is 2.69 bits per heavy atom. The van der Waals surface area contributed by atoms with Crippen molar-refractivity contribution in [2.75, 3.05) is 0 Å². The van der Waals surface area contributed by atoms with E-state index in [1.54, 1.807) is 0 Å². The van der Waals surface area contributed by atoms with Crippen molar-refractivity contribution < 1.29 is 5.21 Å². The molecule has 0 saturated heterocycles. The van der Waals surface area contributed by atoms with Crippen molar-refractivity contribution in [1.82, 2.24) is 0 Å². The topological polar surface area (TPSA) is 32.6 Å². The van der Waals surface area contributed by atoms with Crippen molar-refractivity contribution in [3.8, 4) is 11.8 Å². The van der Waals surface area contributed by atoms with Crippen LogP contribution in [0.5, 0.6) is 0 Å². The van der Waals surface area contributed by atoms with Gasteiger partial charge < -0.3 is 5.21 Å². The highest BCUT2D eigenvalue weighted by Crippen LogP contribution is 2.23. The second-order valence-corrected chi connectivity index (χ2v) is 3.72. The number of allylic oxidation sites excluding steroid dienone is 2. The van der Waals surface area contributed by atoms with Crippen LogP contribution in [0.3, 0.4) is 0 Å². The van der Waals surface area contributed by atoms with E-state index in [2.05, 4.69) is 17.0 Å². The van der Waals surface area contributed by atoms with Crippen LogP contribution in [0.1, 0.15) is 24.8 Å². The van der Waals surface area contributed by atoms with Crippen LogP contribution in [0, 0.1) is 11.8 Å². The van der Waals surface area contributed by atoms with Gasteiger partial charge in [-0.05, 0) is 37.0 Å². The van der Waals surface area contributed by atoms with Crippen molar-refractivity contribution in [2.45, 2.75) is 19.3 Å². The fourth-order valence-corrected chi connectivity index (χ4v) is 1.79. The molecule has 2 rings (SSSR count). The lowest BCUT2D eigenvalue weighted by atomic mass is 10.1. The average molecular weight is 211 g/mol. The van der Waals surface area contributed by atoms with Gasteiger partial charge >= 0.3 is 0 Å². The quantitative estimate of drug-likeness (QED) is 0.329. The van der Waals surface area contributed by atoms with Crippen LogP contribution in [-0.4, -0.2) is 11.4 Å². The summed E-state index contributed by atoms with van der Waals surface area (Å²) in [5.41, 5.74) is 3.18. The number of hydrogen-bond donors (Lipinski definition) is 1. The molecule has 0 heterocycles. The minimum absolute atomic E-state index is 0.961. The molecule has 0 bridgehead atoms. The van der Waals surface area contributed by atoms with E-state index >= 15 is 0 Å². The maximum atomic E-state index is 8.52. The molecule has 0 aromatic heterocycles. The van der Waals surface area contributed by atoms with E-state index in [1.165, 1.54) is 6.21 Å². The Balaban J connectivity index is 2.22. The van der Waals surface area contributed by atoms with Gasteiger partial charge in [0.2, 0.25) is 0 Å². The Kier molecular flexibility index (Phi) is 3.40. The van der Waals surface area contributed by atoms with Gasteiger partial charge in [0.05, 0.1) is 6.21 Å². The average Bonchev–Trinajstić information content (AvgIpc) is 2.76. The largest absolute Gasteiger partial charge is 0.411 e. The fourth-order valence-electron chi connectivity index (χ4n) is 1.79. The SMILES string of the molecule is O/N=C\C1=C(C#Cc2ccccc2)CCC1. The van der Waals surface area contributed by atoms with E-state index in [1.807, 2.05) is 30.3 Å². The van der Waals surface area contributed by atoms with Gasteiger partial charge in [-0.15, -0.1) is 0 Å². The second-order valence-electron chi connectivity index (χ2n) is 3.72. The summed E-state index contributed by atoms with van der Waals surface area (Å²) in [5.74, 6) is 6.28. The Hall–Kier alpha value is -2.01. The molecular formula is C14H13NO. The van der Waals surface area contributed by atoms with E-state index in [0.29, 0.717) is 0 Å². The van der Waals surface area contributed by atoms with Crippen LogP contribution in [0.2, 0.25) is 0 Å². The predicted molar refractivity (Wildman–Crippen MR) is 64.5 cm³/mol. The van der Waals surface area contributed by atoms with Crippen LogP contribution in [0.4, 0.5) is 0 Å². The van der Waals surface area contributed by atoms with Gasteiger partial charge in [-0.1, -0.05) is 35.2 Å². The summed E-state index contributed by atoms with van der Waals surface area (Å²) in [7, 11) is 0. The summed E-state index contributed by atoms with van der Waals surface area (Å²) < 4.78 is 0. The smallest absolute Gasteiger partial charge is 0.0702 e. The summed E-state index contributed by atoms with van der Waals surface area (Å²) in [6.45, 7) is 0. The minimum Gasteiger partial charge on any atom is -0.411 e. The molecular weight excluding hydrogens is 198 g/mol. The van der Waals surface area contributed by atoms with Crippen molar-refractivity contribution >= 4 is 6.21 Å². The molecule has 1 aromatic rings. The molecule has 0 unspecified atom stereocenters. The van der Waals surface area contributed by atoms with Gasteiger partial charge in [-0.2, -0.15) is 0 Å². The molecule has 2 nitrogen and oxygen atoms in total. The lowest BCUT2D eigenvalue weighted by Gasteiger charge is -1.92. The van der Waals surface area contributed by atoms with E-state index in [9.17, 15) is 0 Å². The first-order chi connectivity index (χ1) is 7.90. The predicted octanol–water partition coefficient (Wildman–Crippen LogP) is 2.98. The summed E-state index contributed by atoms with van der Waals surface area (Å²) in [5, 5.41) is 11.6. The first-order valence-electron chi connectivity index (χ1n) is 5.36. The van der Waals surface area contributed by atoms with Gasteiger partial charge in [0.25, 0.3) is 0 Å². The molecule has 80 valence electrons. The molecule has 2 heteroatoms. The summed E-state index contributed by atoms with van der Waals surface area (Å²) in [6, 6.07) is 9.90. The van der Waals surface area contributed by atoms with Crippen LogP contribution in [0.15, 0.2) is 46.6 Å². The van der Waals surface area contributed by atoms with Gasteiger partial charge in [0.15, 0.2) is 0 Å². The lowest BCUT2D eigenvalue weighted by Crippen LogP contribution is -1.83. The van der Waals surface area contributed by atoms with Gasteiger partial charge in [-0.25, -0.2) is 0 Å². The van der Waals surface area contributed by atoms with Crippen molar-refractivity contribution in [3.05, 3.63) is 47.0 Å². The van der Waals surface area contributed by atoms with E-state index in [0.717, 1.165) is 36.0 Å². The fraction of sp³-hybridized carbons (Fsp3) is 0.214. The molecule has 1 aliphatic carbocycles. The van der Waals surface area contributed by atoms with Crippen molar-refractivity contribution in [3.63, 3.8) is 0 Å². The first kappa shape index (κ1) is 10.5. The number of oxime groups is 1. The molecule has 0 amide bonds. The highest BCUT2D eigenvalue weighted by Gasteiger charge is 2.10. The zero-order chi connectivity index (χ0) is 11.2. The Morgan fingerprint density at radius 2 is 1.94 bits per heavy atom. The third kappa shape index (κ3) is 2.52. The van der Waals surface area contributed by atoms with Gasteiger partial charge in [0.1, 0.15) is 0 Å². The number of nitrogens with zero attached hydrogens (tertiary/aromatic N) is 1. The van der Waals surface area contributed by atoms with E-state index < -0.39 is 0 Å². The van der Waals surface area contributed by atoms with Crippen LogP contribution < -0.4 is 0 Å². The summed E-state index contributed by atoms with van der Waals surface area (Å²) in [6.07, 6.45) is 4.55. The normalized spacial score (nSPS) is 15.2.